The van der Waals surface area contributed by atoms with Gasteiger partial charge in [-0.2, -0.15) is 0 Å². The number of benzene rings is 2. The Balaban J connectivity index is 1.85. The second kappa shape index (κ2) is 5.02. The molecule has 0 aromatic heterocycles. The number of carbonyl (C=O) groups excluding carboxylic acids is 1. The maximum atomic E-state index is 12.5. The van der Waals surface area contributed by atoms with E-state index in [0.29, 0.717) is 5.57 Å². The molecule has 0 bridgehead atoms. The van der Waals surface area contributed by atoms with Gasteiger partial charge in [-0.05, 0) is 35.9 Å². The third-order valence-electron chi connectivity index (χ3n) is 4.19. The lowest BCUT2D eigenvalue weighted by Crippen LogP contribution is -2.11. The highest BCUT2D eigenvalue weighted by Crippen LogP contribution is 2.38. The van der Waals surface area contributed by atoms with Crippen LogP contribution in [0.1, 0.15) is 11.1 Å². The predicted octanol–water partition coefficient (Wildman–Crippen LogP) is 3.55. The topological polar surface area (TPSA) is 44.4 Å². The Bertz CT molecular complexity index is 878. The van der Waals surface area contributed by atoms with Gasteiger partial charge in [0.2, 0.25) is 0 Å². The molecule has 4 heteroatoms. The predicted molar refractivity (Wildman–Crippen MR) is 95.4 cm³/mol. The maximum Gasteiger partial charge on any atom is 0.258 e. The van der Waals surface area contributed by atoms with E-state index >= 15 is 0 Å². The summed E-state index contributed by atoms with van der Waals surface area (Å²) >= 11 is 0. The second-order valence-electron chi connectivity index (χ2n) is 5.91. The number of nitrogens with zero attached hydrogens (tertiary/aromatic N) is 1. The van der Waals surface area contributed by atoms with E-state index in [-0.39, 0.29) is 5.91 Å². The molecule has 1 amide bonds. The Morgan fingerprint density at radius 3 is 2.57 bits per heavy atom. The lowest BCUT2D eigenvalue weighted by Gasteiger charge is -2.18. The first kappa shape index (κ1) is 13.6. The zero-order valence-electron chi connectivity index (χ0n) is 13.1. The van der Waals surface area contributed by atoms with Crippen LogP contribution in [-0.2, 0) is 4.79 Å². The summed E-state index contributed by atoms with van der Waals surface area (Å²) in [5, 5.41) is 6.32. The van der Waals surface area contributed by atoms with Gasteiger partial charge in [-0.25, -0.2) is 0 Å². The Morgan fingerprint density at radius 2 is 1.74 bits per heavy atom. The summed E-state index contributed by atoms with van der Waals surface area (Å²) in [5.41, 5.74) is 6.52. The van der Waals surface area contributed by atoms with Gasteiger partial charge >= 0.3 is 0 Å². The number of rotatable bonds is 1. The molecule has 2 heterocycles. The van der Waals surface area contributed by atoms with E-state index in [2.05, 4.69) is 10.6 Å². The average Bonchev–Trinajstić information content (AvgIpc) is 2.89. The van der Waals surface area contributed by atoms with Crippen LogP contribution in [0.2, 0.25) is 0 Å². The first-order chi connectivity index (χ1) is 11.1. The van der Waals surface area contributed by atoms with Crippen molar-refractivity contribution in [2.45, 2.75) is 0 Å². The first-order valence-corrected chi connectivity index (χ1v) is 7.55. The fourth-order valence-electron chi connectivity index (χ4n) is 2.96. The lowest BCUT2D eigenvalue weighted by molar-refractivity contribution is -0.110. The van der Waals surface area contributed by atoms with Crippen molar-refractivity contribution in [1.82, 2.24) is 0 Å². The fourth-order valence-corrected chi connectivity index (χ4v) is 2.96. The molecule has 23 heavy (non-hydrogen) atoms. The summed E-state index contributed by atoms with van der Waals surface area (Å²) in [6, 6.07) is 14.1. The summed E-state index contributed by atoms with van der Waals surface area (Å²) in [5.74, 6) is -0.0672. The van der Waals surface area contributed by atoms with E-state index in [4.69, 9.17) is 0 Å². The number of anilines is 3. The molecule has 0 spiro atoms. The van der Waals surface area contributed by atoms with Gasteiger partial charge in [-0.1, -0.05) is 24.3 Å². The van der Waals surface area contributed by atoms with Gasteiger partial charge < -0.3 is 15.5 Å². The number of allylic oxidation sites excluding steroid dienone is 1. The van der Waals surface area contributed by atoms with Gasteiger partial charge in [0.1, 0.15) is 0 Å². The summed E-state index contributed by atoms with van der Waals surface area (Å²) in [6.07, 6.45) is 4.00. The van der Waals surface area contributed by atoms with Crippen LogP contribution in [0.5, 0.6) is 0 Å². The molecular weight excluding hydrogens is 286 g/mol. The number of hydrogen-bond donors (Lipinski definition) is 2. The Labute approximate surface area is 135 Å². The largest absolute Gasteiger partial charge is 0.378 e. The van der Waals surface area contributed by atoms with Crippen molar-refractivity contribution in [2.24, 2.45) is 0 Å². The quantitative estimate of drug-likeness (QED) is 0.792. The zero-order chi connectivity index (χ0) is 16.0. The number of carbonyl (C=O) groups is 1. The number of para-hydroxylation sites is 1. The van der Waals surface area contributed by atoms with Gasteiger partial charge in [-0.15, -0.1) is 0 Å². The minimum atomic E-state index is -0.0672. The molecule has 0 atom stereocenters. The molecular formula is C19H17N3O. The van der Waals surface area contributed by atoms with Gasteiger partial charge in [0, 0.05) is 36.7 Å². The maximum absolute atomic E-state index is 12.5. The molecule has 4 rings (SSSR count). The molecule has 2 aliphatic rings. The van der Waals surface area contributed by atoms with Gasteiger partial charge in [-0.3, -0.25) is 4.79 Å². The monoisotopic (exact) mass is 303 g/mol. The first-order valence-electron chi connectivity index (χ1n) is 7.55. The molecule has 2 aromatic carbocycles. The molecule has 0 aliphatic carbocycles. The lowest BCUT2D eigenvalue weighted by atomic mass is 10.0. The van der Waals surface area contributed by atoms with E-state index in [0.717, 1.165) is 33.9 Å². The molecule has 114 valence electrons. The van der Waals surface area contributed by atoms with Crippen LogP contribution in [0, 0.1) is 0 Å². The highest BCUT2D eigenvalue weighted by molar-refractivity contribution is 6.33. The highest BCUT2D eigenvalue weighted by Gasteiger charge is 2.28. The van der Waals surface area contributed by atoms with Gasteiger partial charge in [0.15, 0.2) is 0 Å². The standard InChI is InChI=1S/C19H17N3O/c1-22(2)13-8-10-16-14(11-13)18(19(23)21-16)17-9-7-12-5-3-4-6-15(12)20-17/h3-11,20H,1-2H3,(H,21,23)/b18-17-. The number of amides is 1. The smallest absolute Gasteiger partial charge is 0.258 e. The Morgan fingerprint density at radius 1 is 0.913 bits per heavy atom. The van der Waals surface area contributed by atoms with E-state index in [1.807, 2.05) is 73.6 Å². The summed E-state index contributed by atoms with van der Waals surface area (Å²) in [4.78, 5) is 14.5. The van der Waals surface area contributed by atoms with Gasteiger partial charge in [0.25, 0.3) is 5.91 Å². The minimum Gasteiger partial charge on any atom is -0.378 e. The van der Waals surface area contributed by atoms with Crippen molar-refractivity contribution >= 4 is 34.6 Å². The second-order valence-corrected chi connectivity index (χ2v) is 5.91. The minimum absolute atomic E-state index is 0.0672. The molecule has 0 saturated heterocycles. The molecule has 0 radical (unpaired) electrons. The van der Waals surface area contributed by atoms with Crippen LogP contribution in [0.15, 0.2) is 54.2 Å². The van der Waals surface area contributed by atoms with E-state index < -0.39 is 0 Å². The number of nitrogens with one attached hydrogen (secondary N) is 2. The van der Waals surface area contributed by atoms with Gasteiger partial charge in [0.05, 0.1) is 11.3 Å². The third kappa shape index (κ3) is 2.19. The Hall–Kier alpha value is -3.01. The highest BCUT2D eigenvalue weighted by atomic mass is 16.2. The molecule has 2 aromatic rings. The molecule has 4 nitrogen and oxygen atoms in total. The summed E-state index contributed by atoms with van der Waals surface area (Å²) in [7, 11) is 3.99. The van der Waals surface area contributed by atoms with Crippen molar-refractivity contribution in [1.29, 1.82) is 0 Å². The Kier molecular flexibility index (Phi) is 2.98. The van der Waals surface area contributed by atoms with Crippen molar-refractivity contribution in [3.8, 4) is 0 Å². The molecule has 2 N–H and O–H groups in total. The summed E-state index contributed by atoms with van der Waals surface area (Å²) < 4.78 is 0. The van der Waals surface area contributed by atoms with Crippen molar-refractivity contribution in [3.63, 3.8) is 0 Å². The zero-order valence-corrected chi connectivity index (χ0v) is 13.1. The van der Waals surface area contributed by atoms with Crippen LogP contribution in [-0.4, -0.2) is 20.0 Å². The van der Waals surface area contributed by atoms with Crippen molar-refractivity contribution in [2.75, 3.05) is 29.6 Å². The van der Waals surface area contributed by atoms with E-state index in [1.54, 1.807) is 0 Å². The van der Waals surface area contributed by atoms with Crippen molar-refractivity contribution in [3.05, 3.63) is 65.4 Å². The molecule has 2 aliphatic heterocycles. The molecule has 0 unspecified atom stereocenters. The van der Waals surface area contributed by atoms with Crippen LogP contribution < -0.4 is 15.5 Å². The molecule has 0 saturated carbocycles. The van der Waals surface area contributed by atoms with Crippen molar-refractivity contribution < 1.29 is 4.79 Å². The third-order valence-corrected chi connectivity index (χ3v) is 4.19. The van der Waals surface area contributed by atoms with E-state index in [9.17, 15) is 4.79 Å². The fraction of sp³-hybridized carbons (Fsp3) is 0.105. The van der Waals surface area contributed by atoms with E-state index in [1.165, 1.54) is 0 Å². The summed E-state index contributed by atoms with van der Waals surface area (Å²) in [6.45, 7) is 0. The molecule has 0 fully saturated rings. The number of fused-ring (bicyclic) bond motifs is 2. The van der Waals surface area contributed by atoms with Crippen LogP contribution in [0.25, 0.3) is 11.6 Å². The SMILES string of the molecule is CN(C)c1ccc2c(c1)/C(=C1\C=Cc3ccccc3N1)C(=O)N2. The van der Waals surface area contributed by atoms with Crippen LogP contribution in [0.4, 0.5) is 17.1 Å². The average molecular weight is 303 g/mol. The normalized spacial score (nSPS) is 18.1. The number of hydrogen-bond acceptors (Lipinski definition) is 3. The van der Waals surface area contributed by atoms with Crippen LogP contribution in [0.3, 0.4) is 0 Å². The van der Waals surface area contributed by atoms with Crippen LogP contribution >= 0.6 is 0 Å².